The molecule has 0 spiro atoms. The number of nitrogens with zero attached hydrogens (tertiary/aromatic N) is 4. The highest BCUT2D eigenvalue weighted by Crippen LogP contribution is 2.00. The minimum atomic E-state index is 0.299. The number of nitrogens with one attached hydrogen (secondary N) is 2. The molecular weight excluding hydrogens is 308 g/mol. The van der Waals surface area contributed by atoms with E-state index in [9.17, 15) is 0 Å². The van der Waals surface area contributed by atoms with Crippen LogP contribution >= 0.6 is 0 Å². The summed E-state index contributed by atoms with van der Waals surface area (Å²) in [5.41, 5.74) is 0. The number of hydrogen-bond acceptors (Lipinski definition) is 6. The largest absolute Gasteiger partial charge is 0.374 e. The molecule has 4 heterocycles. The highest BCUT2D eigenvalue weighted by Gasteiger charge is 2.13. The van der Waals surface area contributed by atoms with Crippen LogP contribution in [-0.4, -0.2) is 70.7 Å². The first-order valence-electron chi connectivity index (χ1n) is 8.46. The molecule has 132 valence electrons. The van der Waals surface area contributed by atoms with Gasteiger partial charge in [0.05, 0.1) is 51.2 Å². The van der Waals surface area contributed by atoms with Crippen molar-refractivity contribution >= 4 is 0 Å². The first kappa shape index (κ1) is 17.1. The molecule has 24 heavy (non-hydrogen) atoms. The van der Waals surface area contributed by atoms with Crippen molar-refractivity contribution in [3.63, 3.8) is 0 Å². The monoisotopic (exact) mass is 334 g/mol. The molecule has 0 bridgehead atoms. The van der Waals surface area contributed by atoms with Gasteiger partial charge in [-0.15, -0.1) is 0 Å². The first-order valence-corrected chi connectivity index (χ1v) is 8.46. The Morgan fingerprint density at radius 2 is 1.33 bits per heavy atom. The minimum absolute atomic E-state index is 0.299. The molecule has 0 aromatic carbocycles. The number of rotatable bonds is 4. The van der Waals surface area contributed by atoms with Crippen molar-refractivity contribution in [3.8, 4) is 0 Å². The van der Waals surface area contributed by atoms with E-state index >= 15 is 0 Å². The maximum Gasteiger partial charge on any atom is 0.0946 e. The average molecular weight is 334 g/mol. The van der Waals surface area contributed by atoms with Gasteiger partial charge in [0.15, 0.2) is 0 Å². The molecule has 8 nitrogen and oxygen atoms in total. The third-order valence-corrected chi connectivity index (χ3v) is 3.96. The minimum Gasteiger partial charge on any atom is -0.374 e. The summed E-state index contributed by atoms with van der Waals surface area (Å²) in [7, 11) is 0. The summed E-state index contributed by atoms with van der Waals surface area (Å²) in [6.45, 7) is 7.26. The smallest absolute Gasteiger partial charge is 0.0946 e. The lowest BCUT2D eigenvalue weighted by molar-refractivity contribution is 0.0181. The summed E-state index contributed by atoms with van der Waals surface area (Å²) in [6.07, 6.45) is 11.7. The van der Waals surface area contributed by atoms with Gasteiger partial charge in [-0.05, 0) is 0 Å². The van der Waals surface area contributed by atoms with Crippen LogP contribution in [0.15, 0.2) is 37.4 Å². The number of imidazole rings is 2. The number of ether oxygens (including phenoxy) is 2. The van der Waals surface area contributed by atoms with Gasteiger partial charge >= 0.3 is 0 Å². The van der Waals surface area contributed by atoms with E-state index in [0.717, 1.165) is 52.5 Å². The van der Waals surface area contributed by atoms with Gasteiger partial charge in [0, 0.05) is 51.0 Å². The normalized spacial score (nSPS) is 24.2. The molecule has 0 aliphatic carbocycles. The predicted octanol–water partition coefficient (Wildman–Crippen LogP) is -0.257. The van der Waals surface area contributed by atoms with Gasteiger partial charge in [-0.1, -0.05) is 0 Å². The van der Waals surface area contributed by atoms with E-state index in [1.807, 2.05) is 34.2 Å². The van der Waals surface area contributed by atoms with Crippen LogP contribution in [0.2, 0.25) is 0 Å². The predicted molar refractivity (Wildman–Crippen MR) is 89.7 cm³/mol. The molecule has 2 fully saturated rings. The van der Waals surface area contributed by atoms with Crippen molar-refractivity contribution in [2.24, 2.45) is 0 Å². The Kier molecular flexibility index (Phi) is 6.79. The molecule has 0 radical (unpaired) electrons. The van der Waals surface area contributed by atoms with Crippen molar-refractivity contribution in [3.05, 3.63) is 37.4 Å². The Hall–Kier alpha value is -1.74. The van der Waals surface area contributed by atoms with Gasteiger partial charge in [0.2, 0.25) is 0 Å². The van der Waals surface area contributed by atoms with E-state index < -0.39 is 0 Å². The molecular formula is C16H26N6O2. The van der Waals surface area contributed by atoms with E-state index in [4.69, 9.17) is 9.47 Å². The van der Waals surface area contributed by atoms with Crippen LogP contribution in [0.25, 0.3) is 0 Å². The molecule has 2 aliphatic rings. The third kappa shape index (κ3) is 5.72. The molecule has 2 aromatic heterocycles. The molecule has 8 heteroatoms. The fourth-order valence-corrected chi connectivity index (χ4v) is 2.73. The standard InChI is InChI=1S/2C8H13N3O/c2*1-3-11(7-10-1)6-8-5-9-2-4-12-8/h2*1,3,7-9H,2,4-6H2/t2*8-/m10/s1. The Balaban J connectivity index is 0.000000141. The summed E-state index contributed by atoms with van der Waals surface area (Å²) < 4.78 is 15.2. The van der Waals surface area contributed by atoms with Crippen LogP contribution < -0.4 is 10.6 Å². The van der Waals surface area contributed by atoms with Gasteiger partial charge in [0.25, 0.3) is 0 Å². The molecule has 0 amide bonds. The zero-order valence-corrected chi connectivity index (χ0v) is 13.9. The van der Waals surface area contributed by atoms with Gasteiger partial charge in [-0.2, -0.15) is 0 Å². The lowest BCUT2D eigenvalue weighted by Crippen LogP contribution is -2.40. The van der Waals surface area contributed by atoms with E-state index in [0.29, 0.717) is 12.2 Å². The molecule has 2 atom stereocenters. The Morgan fingerprint density at radius 3 is 1.67 bits per heavy atom. The van der Waals surface area contributed by atoms with E-state index in [2.05, 4.69) is 20.6 Å². The van der Waals surface area contributed by atoms with Crippen molar-refractivity contribution in [2.45, 2.75) is 25.3 Å². The Morgan fingerprint density at radius 1 is 0.833 bits per heavy atom. The van der Waals surface area contributed by atoms with E-state index in [1.165, 1.54) is 0 Å². The van der Waals surface area contributed by atoms with Crippen LogP contribution in [0, 0.1) is 0 Å². The Labute approximate surface area is 142 Å². The Bertz CT molecular complexity index is 483. The molecule has 0 unspecified atom stereocenters. The fraction of sp³-hybridized carbons (Fsp3) is 0.625. The van der Waals surface area contributed by atoms with Gasteiger partial charge in [-0.25, -0.2) is 9.97 Å². The van der Waals surface area contributed by atoms with Crippen molar-refractivity contribution in [2.75, 3.05) is 39.4 Å². The summed E-state index contributed by atoms with van der Waals surface area (Å²) in [4.78, 5) is 7.95. The highest BCUT2D eigenvalue weighted by atomic mass is 16.5. The number of aromatic nitrogens is 4. The molecule has 0 saturated carbocycles. The first-order chi connectivity index (χ1) is 11.9. The summed E-state index contributed by atoms with van der Waals surface area (Å²) >= 11 is 0. The van der Waals surface area contributed by atoms with Crippen molar-refractivity contribution in [1.29, 1.82) is 0 Å². The zero-order chi connectivity index (χ0) is 16.5. The lowest BCUT2D eigenvalue weighted by atomic mass is 10.3. The second-order valence-corrected chi connectivity index (χ2v) is 5.91. The maximum absolute atomic E-state index is 5.54. The van der Waals surface area contributed by atoms with Crippen LogP contribution in [0.3, 0.4) is 0 Å². The van der Waals surface area contributed by atoms with Gasteiger partial charge < -0.3 is 29.2 Å². The molecule has 4 rings (SSSR count). The third-order valence-electron chi connectivity index (χ3n) is 3.96. The van der Waals surface area contributed by atoms with Gasteiger partial charge in [-0.3, -0.25) is 0 Å². The fourth-order valence-electron chi connectivity index (χ4n) is 2.73. The van der Waals surface area contributed by atoms with Crippen molar-refractivity contribution < 1.29 is 9.47 Å². The molecule has 2 N–H and O–H groups in total. The second kappa shape index (κ2) is 9.53. The van der Waals surface area contributed by atoms with Crippen LogP contribution in [-0.2, 0) is 22.6 Å². The van der Waals surface area contributed by atoms with Gasteiger partial charge in [0.1, 0.15) is 0 Å². The lowest BCUT2D eigenvalue weighted by Gasteiger charge is -2.23. The van der Waals surface area contributed by atoms with E-state index in [1.54, 1.807) is 12.4 Å². The highest BCUT2D eigenvalue weighted by molar-refractivity contribution is 4.78. The SMILES string of the molecule is c1cn(C[C@@H]2CNCCO2)cn1.c1cn(C[C@H]2CNCCO2)cn1. The zero-order valence-electron chi connectivity index (χ0n) is 13.9. The maximum atomic E-state index is 5.54. The van der Waals surface area contributed by atoms with Crippen LogP contribution in [0.1, 0.15) is 0 Å². The summed E-state index contributed by atoms with van der Waals surface area (Å²) in [6, 6.07) is 0. The summed E-state index contributed by atoms with van der Waals surface area (Å²) in [5, 5.41) is 6.58. The molecule has 2 saturated heterocycles. The second-order valence-electron chi connectivity index (χ2n) is 5.91. The van der Waals surface area contributed by atoms with Crippen molar-refractivity contribution in [1.82, 2.24) is 29.7 Å². The topological polar surface area (TPSA) is 78.2 Å². The van der Waals surface area contributed by atoms with Crippen LogP contribution in [0.5, 0.6) is 0 Å². The number of morpholine rings is 2. The quantitative estimate of drug-likeness (QED) is 0.802. The molecule has 2 aliphatic heterocycles. The van der Waals surface area contributed by atoms with Crippen LogP contribution in [0.4, 0.5) is 0 Å². The number of hydrogen-bond donors (Lipinski definition) is 2. The molecule has 2 aromatic rings. The summed E-state index contributed by atoms with van der Waals surface area (Å²) in [5.74, 6) is 0. The van der Waals surface area contributed by atoms with E-state index in [-0.39, 0.29) is 0 Å². The average Bonchev–Trinajstić information content (AvgIpc) is 3.32.